The molecule has 0 atom stereocenters. The van der Waals surface area contributed by atoms with Crippen LogP contribution in [0.5, 0.6) is 0 Å². The molecular formula is C21H26ClIN8O. The van der Waals surface area contributed by atoms with E-state index >= 15 is 0 Å². The number of halogens is 2. The van der Waals surface area contributed by atoms with E-state index in [1.807, 2.05) is 30.3 Å². The molecule has 0 amide bonds. The number of nitrogens with zero attached hydrogens (tertiary/aromatic N) is 7. The first-order valence-corrected chi connectivity index (χ1v) is 10.7. The van der Waals surface area contributed by atoms with E-state index in [0.717, 1.165) is 50.2 Å². The van der Waals surface area contributed by atoms with Gasteiger partial charge in [-0.2, -0.15) is 4.98 Å². The number of piperazine rings is 1. The maximum Gasteiger partial charge on any atom is 0.228 e. The van der Waals surface area contributed by atoms with Crippen LogP contribution in [0.15, 0.2) is 52.2 Å². The van der Waals surface area contributed by atoms with Gasteiger partial charge in [-0.1, -0.05) is 28.9 Å². The van der Waals surface area contributed by atoms with Crippen molar-refractivity contribution in [3.05, 3.63) is 53.6 Å². The lowest BCUT2D eigenvalue weighted by molar-refractivity contribution is 0.367. The molecule has 0 radical (unpaired) electrons. The Labute approximate surface area is 209 Å². The summed E-state index contributed by atoms with van der Waals surface area (Å²) in [5.41, 5.74) is 0.833. The second-order valence-electron chi connectivity index (χ2n) is 7.03. The summed E-state index contributed by atoms with van der Waals surface area (Å²) in [7, 11) is 0. The van der Waals surface area contributed by atoms with Gasteiger partial charge in [-0.25, -0.2) is 9.97 Å². The molecule has 4 rings (SSSR count). The number of hydrogen-bond acceptors (Lipinski definition) is 7. The Kier molecular flexibility index (Phi) is 9.03. The Morgan fingerprint density at radius 1 is 1.16 bits per heavy atom. The molecule has 3 heterocycles. The van der Waals surface area contributed by atoms with Crippen molar-refractivity contribution >= 4 is 47.5 Å². The number of aliphatic imine (C=N–C) groups is 1. The van der Waals surface area contributed by atoms with E-state index in [4.69, 9.17) is 21.1 Å². The third-order valence-corrected chi connectivity index (χ3v) is 5.12. The fraction of sp³-hybridized carbons (Fsp3) is 0.381. The second-order valence-corrected chi connectivity index (χ2v) is 7.47. The van der Waals surface area contributed by atoms with Gasteiger partial charge in [-0.3, -0.25) is 4.99 Å². The fourth-order valence-corrected chi connectivity index (χ4v) is 3.55. The molecule has 0 saturated carbocycles. The minimum absolute atomic E-state index is 0. The lowest BCUT2D eigenvalue weighted by Crippen LogP contribution is -2.53. The van der Waals surface area contributed by atoms with Gasteiger partial charge in [0, 0.05) is 62.1 Å². The minimum atomic E-state index is 0. The molecule has 1 aliphatic rings. The summed E-state index contributed by atoms with van der Waals surface area (Å²) < 4.78 is 5.38. The Morgan fingerprint density at radius 2 is 1.94 bits per heavy atom. The SMILES string of the molecule is CCNC(=NCCc1nc(-c2cccc(Cl)c2)no1)N1CCN(c2ncccn2)CC1.I. The normalized spacial score (nSPS) is 14.2. The molecule has 0 spiro atoms. The van der Waals surface area contributed by atoms with Gasteiger partial charge in [0.1, 0.15) is 0 Å². The first-order valence-electron chi connectivity index (χ1n) is 10.4. The molecule has 11 heteroatoms. The number of benzene rings is 1. The summed E-state index contributed by atoms with van der Waals surface area (Å²) in [6.07, 6.45) is 4.12. The summed E-state index contributed by atoms with van der Waals surface area (Å²) in [5.74, 6) is 2.76. The van der Waals surface area contributed by atoms with Crippen molar-refractivity contribution in [2.45, 2.75) is 13.3 Å². The predicted molar refractivity (Wildman–Crippen MR) is 136 cm³/mol. The smallest absolute Gasteiger partial charge is 0.228 e. The number of hydrogen-bond donors (Lipinski definition) is 1. The van der Waals surface area contributed by atoms with Gasteiger partial charge in [0.2, 0.25) is 17.7 Å². The van der Waals surface area contributed by atoms with E-state index in [9.17, 15) is 0 Å². The van der Waals surface area contributed by atoms with Crippen LogP contribution in [-0.2, 0) is 6.42 Å². The molecule has 9 nitrogen and oxygen atoms in total. The minimum Gasteiger partial charge on any atom is -0.357 e. The topological polar surface area (TPSA) is 95.6 Å². The van der Waals surface area contributed by atoms with Crippen LogP contribution >= 0.6 is 35.6 Å². The molecule has 0 bridgehead atoms. The number of nitrogens with one attached hydrogen (secondary N) is 1. The van der Waals surface area contributed by atoms with Crippen LogP contribution in [-0.4, -0.2) is 70.2 Å². The number of aromatic nitrogens is 4. The number of guanidine groups is 1. The molecular weight excluding hydrogens is 543 g/mol. The molecule has 0 unspecified atom stereocenters. The van der Waals surface area contributed by atoms with Crippen LogP contribution in [0.3, 0.4) is 0 Å². The second kappa shape index (κ2) is 12.0. The fourth-order valence-electron chi connectivity index (χ4n) is 3.36. The van der Waals surface area contributed by atoms with E-state index in [-0.39, 0.29) is 24.0 Å². The Balaban J connectivity index is 0.00000289. The zero-order chi connectivity index (χ0) is 21.5. The summed E-state index contributed by atoms with van der Waals surface area (Å²) >= 11 is 6.04. The predicted octanol–water partition coefficient (Wildman–Crippen LogP) is 3.13. The van der Waals surface area contributed by atoms with Crippen molar-refractivity contribution in [2.24, 2.45) is 4.99 Å². The van der Waals surface area contributed by atoms with Crippen LogP contribution in [0, 0.1) is 0 Å². The van der Waals surface area contributed by atoms with E-state index in [0.29, 0.717) is 29.7 Å². The van der Waals surface area contributed by atoms with Crippen LogP contribution in [0.2, 0.25) is 5.02 Å². The van der Waals surface area contributed by atoms with Crippen molar-refractivity contribution in [3.63, 3.8) is 0 Å². The number of anilines is 1. The largest absolute Gasteiger partial charge is 0.357 e. The third kappa shape index (κ3) is 6.28. The van der Waals surface area contributed by atoms with Crippen molar-refractivity contribution in [1.82, 2.24) is 30.3 Å². The van der Waals surface area contributed by atoms with E-state index in [1.165, 1.54) is 0 Å². The number of rotatable bonds is 6. The average molecular weight is 569 g/mol. The van der Waals surface area contributed by atoms with Gasteiger partial charge in [0.05, 0.1) is 6.54 Å². The van der Waals surface area contributed by atoms with E-state index in [1.54, 1.807) is 12.4 Å². The molecule has 1 saturated heterocycles. The van der Waals surface area contributed by atoms with Crippen LogP contribution in [0.1, 0.15) is 12.8 Å². The lowest BCUT2D eigenvalue weighted by atomic mass is 10.2. The zero-order valence-corrected chi connectivity index (χ0v) is 20.9. The Hall–Kier alpha value is -2.47. The van der Waals surface area contributed by atoms with Crippen molar-refractivity contribution in [3.8, 4) is 11.4 Å². The highest BCUT2D eigenvalue weighted by Crippen LogP contribution is 2.20. The van der Waals surface area contributed by atoms with Gasteiger partial charge in [0.15, 0.2) is 5.96 Å². The summed E-state index contributed by atoms with van der Waals surface area (Å²) in [6, 6.07) is 9.23. The molecule has 32 heavy (non-hydrogen) atoms. The van der Waals surface area contributed by atoms with Crippen LogP contribution in [0.4, 0.5) is 5.95 Å². The van der Waals surface area contributed by atoms with Crippen molar-refractivity contribution in [1.29, 1.82) is 0 Å². The van der Waals surface area contributed by atoms with Crippen molar-refractivity contribution in [2.75, 3.05) is 44.2 Å². The molecule has 0 aliphatic carbocycles. The summed E-state index contributed by atoms with van der Waals surface area (Å²) in [6.45, 7) is 6.83. The van der Waals surface area contributed by atoms with E-state index in [2.05, 4.69) is 42.1 Å². The molecule has 170 valence electrons. The first kappa shape index (κ1) is 24.2. The third-order valence-electron chi connectivity index (χ3n) is 4.89. The highest BCUT2D eigenvalue weighted by molar-refractivity contribution is 14.0. The highest BCUT2D eigenvalue weighted by Gasteiger charge is 2.21. The molecule has 1 fully saturated rings. The Morgan fingerprint density at radius 3 is 2.66 bits per heavy atom. The van der Waals surface area contributed by atoms with Crippen LogP contribution < -0.4 is 10.2 Å². The lowest BCUT2D eigenvalue weighted by Gasteiger charge is -2.36. The molecule has 1 aromatic carbocycles. The van der Waals surface area contributed by atoms with Gasteiger partial charge < -0.3 is 19.6 Å². The van der Waals surface area contributed by atoms with Gasteiger partial charge in [-0.05, 0) is 25.1 Å². The van der Waals surface area contributed by atoms with Gasteiger partial charge in [-0.15, -0.1) is 24.0 Å². The average Bonchev–Trinajstić information content (AvgIpc) is 3.28. The quantitative estimate of drug-likeness (QED) is 0.275. The molecule has 3 aromatic rings. The standard InChI is InChI=1S/C21H25ClN8O.HI/c1-2-23-20(29-11-13-30(14-12-29)21-24-8-4-9-25-21)26-10-7-18-27-19(28-31-18)16-5-3-6-17(22)15-16;/h3-6,8-9,15H,2,7,10-14H2,1H3,(H,23,26);1H. The zero-order valence-electron chi connectivity index (χ0n) is 17.8. The summed E-state index contributed by atoms with van der Waals surface area (Å²) in [5, 5.41) is 8.07. The van der Waals surface area contributed by atoms with Gasteiger partial charge in [0.25, 0.3) is 0 Å². The highest BCUT2D eigenvalue weighted by atomic mass is 127. The van der Waals surface area contributed by atoms with Crippen LogP contribution in [0.25, 0.3) is 11.4 Å². The molecule has 2 aromatic heterocycles. The maximum absolute atomic E-state index is 6.04. The van der Waals surface area contributed by atoms with E-state index < -0.39 is 0 Å². The molecule has 1 N–H and O–H groups in total. The monoisotopic (exact) mass is 568 g/mol. The Bertz CT molecular complexity index is 1010. The van der Waals surface area contributed by atoms with Gasteiger partial charge >= 0.3 is 0 Å². The first-order chi connectivity index (χ1) is 15.2. The maximum atomic E-state index is 6.04. The van der Waals surface area contributed by atoms with Crippen molar-refractivity contribution < 1.29 is 4.52 Å². The molecule has 1 aliphatic heterocycles. The summed E-state index contributed by atoms with van der Waals surface area (Å²) in [4.78, 5) is 22.3.